The van der Waals surface area contributed by atoms with Gasteiger partial charge in [0.2, 0.25) is 0 Å². The van der Waals surface area contributed by atoms with Gasteiger partial charge in [-0.15, -0.1) is 0 Å². The number of hydrogen-bond donors (Lipinski definition) is 2. The number of carbonyl (C=O) groups is 2. The molecular weight excluding hydrogens is 316 g/mol. The Morgan fingerprint density at radius 1 is 1.00 bits per heavy atom. The molecule has 0 heterocycles. The number of benzene rings is 2. The number of methoxy groups -OCH3 is 1. The second kappa shape index (κ2) is 7.83. The summed E-state index contributed by atoms with van der Waals surface area (Å²) in [5.74, 6) is -0.196. The lowest BCUT2D eigenvalue weighted by atomic mass is 9.77. The highest BCUT2D eigenvalue weighted by molar-refractivity contribution is 6.39. The highest BCUT2D eigenvalue weighted by Crippen LogP contribution is 2.37. The molecule has 0 bridgehead atoms. The van der Waals surface area contributed by atoms with E-state index in [0.717, 1.165) is 18.4 Å². The molecule has 1 saturated carbocycles. The zero-order chi connectivity index (χ0) is 17.6. The SMILES string of the molecule is COc1ccc(NC(=O)C(=O)NC(c2ccccc2)C2CCC2)cc1. The number of anilines is 1. The van der Waals surface area contributed by atoms with E-state index in [2.05, 4.69) is 10.6 Å². The Bertz CT molecular complexity index is 724. The van der Waals surface area contributed by atoms with Crippen molar-refractivity contribution in [1.29, 1.82) is 0 Å². The van der Waals surface area contributed by atoms with Crippen LogP contribution >= 0.6 is 0 Å². The number of hydrogen-bond acceptors (Lipinski definition) is 3. The first-order valence-electron chi connectivity index (χ1n) is 8.48. The summed E-state index contributed by atoms with van der Waals surface area (Å²) in [6.07, 6.45) is 3.31. The van der Waals surface area contributed by atoms with E-state index in [1.54, 1.807) is 31.4 Å². The van der Waals surface area contributed by atoms with Crippen LogP contribution in [0.4, 0.5) is 5.69 Å². The number of nitrogens with one attached hydrogen (secondary N) is 2. The summed E-state index contributed by atoms with van der Waals surface area (Å²) in [4.78, 5) is 24.6. The second-order valence-corrected chi connectivity index (χ2v) is 6.24. The molecule has 25 heavy (non-hydrogen) atoms. The number of ether oxygens (including phenoxy) is 1. The lowest BCUT2D eigenvalue weighted by Crippen LogP contribution is -2.41. The van der Waals surface area contributed by atoms with Crippen molar-refractivity contribution >= 4 is 17.5 Å². The van der Waals surface area contributed by atoms with Crippen LogP contribution in [0.5, 0.6) is 5.75 Å². The van der Waals surface area contributed by atoms with E-state index in [0.29, 0.717) is 17.4 Å². The van der Waals surface area contributed by atoms with Gasteiger partial charge in [-0.05, 0) is 48.6 Å². The van der Waals surface area contributed by atoms with E-state index < -0.39 is 11.8 Å². The quantitative estimate of drug-likeness (QED) is 0.822. The lowest BCUT2D eigenvalue weighted by Gasteiger charge is -2.34. The van der Waals surface area contributed by atoms with Crippen LogP contribution in [-0.4, -0.2) is 18.9 Å². The monoisotopic (exact) mass is 338 g/mol. The van der Waals surface area contributed by atoms with Crippen LogP contribution < -0.4 is 15.4 Å². The number of rotatable bonds is 5. The molecule has 2 amide bonds. The molecule has 3 rings (SSSR count). The van der Waals surface area contributed by atoms with Gasteiger partial charge in [-0.2, -0.15) is 0 Å². The minimum absolute atomic E-state index is 0.121. The van der Waals surface area contributed by atoms with Crippen LogP contribution in [0.25, 0.3) is 0 Å². The van der Waals surface area contributed by atoms with Gasteiger partial charge >= 0.3 is 11.8 Å². The van der Waals surface area contributed by atoms with Crippen LogP contribution in [-0.2, 0) is 9.59 Å². The third kappa shape index (κ3) is 4.18. The number of carbonyl (C=O) groups excluding carboxylic acids is 2. The fourth-order valence-electron chi connectivity index (χ4n) is 2.98. The molecule has 1 fully saturated rings. The first-order valence-corrected chi connectivity index (χ1v) is 8.48. The van der Waals surface area contributed by atoms with E-state index in [-0.39, 0.29) is 6.04 Å². The summed E-state index contributed by atoms with van der Waals surface area (Å²) in [5, 5.41) is 5.52. The summed E-state index contributed by atoms with van der Waals surface area (Å²) >= 11 is 0. The smallest absolute Gasteiger partial charge is 0.313 e. The fourth-order valence-corrected chi connectivity index (χ4v) is 2.98. The minimum atomic E-state index is -0.662. The van der Waals surface area contributed by atoms with E-state index in [9.17, 15) is 9.59 Å². The predicted octanol–water partition coefficient (Wildman–Crippen LogP) is 3.29. The average molecular weight is 338 g/mol. The predicted molar refractivity (Wildman–Crippen MR) is 96.3 cm³/mol. The topological polar surface area (TPSA) is 67.4 Å². The standard InChI is InChI=1S/C20H22N2O3/c1-25-17-12-10-16(11-13-17)21-19(23)20(24)22-18(15-8-5-9-15)14-6-3-2-4-7-14/h2-4,6-7,10-13,15,18H,5,8-9H2,1H3,(H,21,23)(H,22,24). The molecule has 5 heteroatoms. The Labute approximate surface area is 147 Å². The van der Waals surface area contributed by atoms with Gasteiger partial charge in [0.05, 0.1) is 13.2 Å². The zero-order valence-corrected chi connectivity index (χ0v) is 14.2. The van der Waals surface area contributed by atoms with Crippen molar-refractivity contribution in [3.63, 3.8) is 0 Å². The second-order valence-electron chi connectivity index (χ2n) is 6.24. The fraction of sp³-hybridized carbons (Fsp3) is 0.300. The van der Waals surface area contributed by atoms with E-state index in [1.165, 1.54) is 6.42 Å². The molecule has 2 N–H and O–H groups in total. The van der Waals surface area contributed by atoms with Crippen LogP contribution in [0.2, 0.25) is 0 Å². The van der Waals surface area contributed by atoms with Crippen molar-refractivity contribution in [2.24, 2.45) is 5.92 Å². The Morgan fingerprint density at radius 2 is 1.68 bits per heavy atom. The largest absolute Gasteiger partial charge is 0.497 e. The molecule has 1 aliphatic rings. The maximum absolute atomic E-state index is 12.4. The van der Waals surface area contributed by atoms with Crippen LogP contribution in [0.3, 0.4) is 0 Å². The Kier molecular flexibility index (Phi) is 5.33. The van der Waals surface area contributed by atoms with Gasteiger partial charge in [-0.1, -0.05) is 36.8 Å². The summed E-state index contributed by atoms with van der Waals surface area (Å²) < 4.78 is 5.08. The molecule has 2 aromatic carbocycles. The van der Waals surface area contributed by atoms with E-state index >= 15 is 0 Å². The Hall–Kier alpha value is -2.82. The van der Waals surface area contributed by atoms with Crippen LogP contribution in [0, 0.1) is 5.92 Å². The Morgan fingerprint density at radius 3 is 2.24 bits per heavy atom. The molecule has 0 saturated heterocycles. The third-order valence-corrected chi connectivity index (χ3v) is 4.62. The third-order valence-electron chi connectivity index (χ3n) is 4.62. The van der Waals surface area contributed by atoms with Gasteiger partial charge in [0.25, 0.3) is 0 Å². The molecule has 130 valence electrons. The zero-order valence-electron chi connectivity index (χ0n) is 14.2. The van der Waals surface area contributed by atoms with Crippen molar-refractivity contribution < 1.29 is 14.3 Å². The average Bonchev–Trinajstić information content (AvgIpc) is 2.61. The summed E-state index contributed by atoms with van der Waals surface area (Å²) in [6, 6.07) is 16.6. The summed E-state index contributed by atoms with van der Waals surface area (Å²) in [5.41, 5.74) is 1.60. The Balaban J connectivity index is 1.65. The molecule has 1 aliphatic carbocycles. The van der Waals surface area contributed by atoms with Crippen molar-refractivity contribution in [3.05, 3.63) is 60.2 Å². The van der Waals surface area contributed by atoms with Gasteiger partial charge in [0.1, 0.15) is 5.75 Å². The van der Waals surface area contributed by atoms with Crippen molar-refractivity contribution in [1.82, 2.24) is 5.32 Å². The van der Waals surface area contributed by atoms with Gasteiger partial charge in [-0.3, -0.25) is 9.59 Å². The van der Waals surface area contributed by atoms with E-state index in [4.69, 9.17) is 4.74 Å². The molecule has 0 aliphatic heterocycles. The molecule has 1 atom stereocenters. The van der Waals surface area contributed by atoms with Crippen molar-refractivity contribution in [3.8, 4) is 5.75 Å². The number of amides is 2. The van der Waals surface area contributed by atoms with Gasteiger partial charge in [-0.25, -0.2) is 0 Å². The normalized spacial score (nSPS) is 14.9. The van der Waals surface area contributed by atoms with Gasteiger partial charge < -0.3 is 15.4 Å². The molecule has 0 radical (unpaired) electrons. The first kappa shape index (κ1) is 17.0. The molecule has 2 aromatic rings. The maximum Gasteiger partial charge on any atom is 0.313 e. The molecule has 5 nitrogen and oxygen atoms in total. The van der Waals surface area contributed by atoms with Crippen molar-refractivity contribution in [2.75, 3.05) is 12.4 Å². The summed E-state index contributed by atoms with van der Waals surface area (Å²) in [7, 11) is 1.57. The minimum Gasteiger partial charge on any atom is -0.497 e. The van der Waals surface area contributed by atoms with E-state index in [1.807, 2.05) is 30.3 Å². The van der Waals surface area contributed by atoms with Gasteiger partial charge in [0.15, 0.2) is 0 Å². The molecule has 0 spiro atoms. The van der Waals surface area contributed by atoms with Crippen LogP contribution in [0.1, 0.15) is 30.9 Å². The lowest BCUT2D eigenvalue weighted by molar-refractivity contribution is -0.137. The van der Waals surface area contributed by atoms with Crippen molar-refractivity contribution in [2.45, 2.75) is 25.3 Å². The summed E-state index contributed by atoms with van der Waals surface area (Å²) in [6.45, 7) is 0. The molecule has 1 unspecified atom stereocenters. The van der Waals surface area contributed by atoms with Gasteiger partial charge in [0, 0.05) is 5.69 Å². The first-order chi connectivity index (χ1) is 12.2. The van der Waals surface area contributed by atoms with Crippen LogP contribution in [0.15, 0.2) is 54.6 Å². The maximum atomic E-state index is 12.4. The highest BCUT2D eigenvalue weighted by Gasteiger charge is 2.31. The molecular formula is C20H22N2O3. The highest BCUT2D eigenvalue weighted by atomic mass is 16.5. The molecule has 0 aromatic heterocycles.